The van der Waals surface area contributed by atoms with Crippen molar-refractivity contribution in [1.82, 2.24) is 0 Å². The van der Waals surface area contributed by atoms with Crippen molar-refractivity contribution in [3.8, 4) is 11.5 Å². The molecule has 1 aliphatic rings. The number of nitrogens with two attached hydrogens (primary N) is 1. The third kappa shape index (κ3) is 3.16. The Hall–Kier alpha value is -2.49. The first-order valence-electron chi connectivity index (χ1n) is 6.94. The molecule has 0 aliphatic carbocycles. The summed E-state index contributed by atoms with van der Waals surface area (Å²) in [6, 6.07) is 15.9. The minimum absolute atomic E-state index is 0.0732. The van der Waals surface area contributed by atoms with E-state index in [0.29, 0.717) is 6.42 Å². The van der Waals surface area contributed by atoms with Crippen LogP contribution in [0, 0.1) is 0 Å². The topological polar surface area (TPSA) is 61.6 Å². The summed E-state index contributed by atoms with van der Waals surface area (Å²) in [6.45, 7) is 0.266. The predicted octanol–water partition coefficient (Wildman–Crippen LogP) is 2.62. The minimum atomic E-state index is -0.287. The van der Waals surface area contributed by atoms with E-state index in [0.717, 1.165) is 29.0 Å². The molecule has 1 amide bonds. The highest BCUT2D eigenvalue weighted by Crippen LogP contribution is 2.34. The van der Waals surface area contributed by atoms with Gasteiger partial charge in [0.2, 0.25) is 12.7 Å². The number of benzene rings is 2. The summed E-state index contributed by atoms with van der Waals surface area (Å²) in [7, 11) is 0. The van der Waals surface area contributed by atoms with E-state index in [4.69, 9.17) is 15.2 Å². The zero-order valence-electron chi connectivity index (χ0n) is 11.6. The summed E-state index contributed by atoms with van der Waals surface area (Å²) in [4.78, 5) is 11.3. The summed E-state index contributed by atoms with van der Waals surface area (Å²) in [6.07, 6.45) is 1.07. The monoisotopic (exact) mass is 283 g/mol. The van der Waals surface area contributed by atoms with Crippen LogP contribution in [0.1, 0.15) is 23.5 Å². The zero-order chi connectivity index (χ0) is 14.7. The van der Waals surface area contributed by atoms with E-state index >= 15 is 0 Å². The molecule has 2 N–H and O–H groups in total. The van der Waals surface area contributed by atoms with Gasteiger partial charge in [0, 0.05) is 6.42 Å². The Kier molecular flexibility index (Phi) is 3.77. The van der Waals surface area contributed by atoms with Gasteiger partial charge in [0.1, 0.15) is 0 Å². The first-order chi connectivity index (χ1) is 10.2. The van der Waals surface area contributed by atoms with Gasteiger partial charge >= 0.3 is 0 Å². The van der Waals surface area contributed by atoms with Gasteiger partial charge in [-0.2, -0.15) is 0 Å². The van der Waals surface area contributed by atoms with Gasteiger partial charge in [-0.15, -0.1) is 0 Å². The standard InChI is InChI=1S/C17H17NO3/c18-17(19)10-14(13-4-2-1-3-5-13)8-12-6-7-15-16(9-12)21-11-20-15/h1-7,9,14H,8,10-11H2,(H2,18,19). The van der Waals surface area contributed by atoms with Crippen molar-refractivity contribution in [1.29, 1.82) is 0 Å². The van der Waals surface area contributed by atoms with Crippen molar-refractivity contribution in [2.75, 3.05) is 6.79 Å². The Balaban J connectivity index is 1.82. The van der Waals surface area contributed by atoms with Crippen molar-refractivity contribution in [3.63, 3.8) is 0 Å². The molecule has 0 aromatic heterocycles. The smallest absolute Gasteiger partial charge is 0.231 e. The van der Waals surface area contributed by atoms with Crippen LogP contribution in [0.5, 0.6) is 11.5 Å². The van der Waals surface area contributed by atoms with Crippen molar-refractivity contribution in [3.05, 3.63) is 59.7 Å². The van der Waals surface area contributed by atoms with Crippen LogP contribution in [0.4, 0.5) is 0 Å². The number of carbonyl (C=O) groups is 1. The average Bonchev–Trinajstić information content (AvgIpc) is 2.94. The number of hydrogen-bond donors (Lipinski definition) is 1. The number of hydrogen-bond acceptors (Lipinski definition) is 3. The van der Waals surface area contributed by atoms with Crippen molar-refractivity contribution in [2.24, 2.45) is 5.73 Å². The van der Waals surface area contributed by atoms with Crippen molar-refractivity contribution < 1.29 is 14.3 Å². The second-order valence-electron chi connectivity index (χ2n) is 5.17. The molecule has 2 aromatic rings. The largest absolute Gasteiger partial charge is 0.454 e. The molecule has 0 radical (unpaired) electrons. The lowest BCUT2D eigenvalue weighted by molar-refractivity contribution is -0.118. The maximum Gasteiger partial charge on any atom is 0.231 e. The normalized spacial score (nSPS) is 13.9. The first kappa shape index (κ1) is 13.5. The average molecular weight is 283 g/mol. The second kappa shape index (κ2) is 5.87. The molecule has 0 spiro atoms. The lowest BCUT2D eigenvalue weighted by atomic mass is 9.89. The van der Waals surface area contributed by atoms with Gasteiger partial charge in [0.25, 0.3) is 0 Å². The third-order valence-corrected chi connectivity index (χ3v) is 3.64. The van der Waals surface area contributed by atoms with Crippen LogP contribution in [0.3, 0.4) is 0 Å². The molecule has 1 unspecified atom stereocenters. The SMILES string of the molecule is NC(=O)CC(Cc1ccc2c(c1)OCO2)c1ccccc1. The minimum Gasteiger partial charge on any atom is -0.454 e. The van der Waals surface area contributed by atoms with E-state index in [9.17, 15) is 4.79 Å². The maximum absolute atomic E-state index is 11.3. The molecule has 21 heavy (non-hydrogen) atoms. The quantitative estimate of drug-likeness (QED) is 0.917. The van der Waals surface area contributed by atoms with Gasteiger partial charge in [-0.3, -0.25) is 4.79 Å². The van der Waals surface area contributed by atoms with E-state index < -0.39 is 0 Å². The zero-order valence-corrected chi connectivity index (χ0v) is 11.6. The van der Waals surface area contributed by atoms with E-state index in [1.807, 2.05) is 48.5 Å². The van der Waals surface area contributed by atoms with Crippen LogP contribution < -0.4 is 15.2 Å². The highest BCUT2D eigenvalue weighted by Gasteiger charge is 2.18. The van der Waals surface area contributed by atoms with Crippen LogP contribution >= 0.6 is 0 Å². The molecule has 4 nitrogen and oxygen atoms in total. The van der Waals surface area contributed by atoms with Crippen LogP contribution in [0.15, 0.2) is 48.5 Å². The van der Waals surface area contributed by atoms with Gasteiger partial charge in [-0.25, -0.2) is 0 Å². The molecule has 0 bridgehead atoms. The molecular formula is C17H17NO3. The number of carbonyl (C=O) groups excluding carboxylic acids is 1. The second-order valence-corrected chi connectivity index (χ2v) is 5.17. The summed E-state index contributed by atoms with van der Waals surface area (Å²) in [5, 5.41) is 0. The fourth-order valence-corrected chi connectivity index (χ4v) is 2.63. The Morgan fingerprint density at radius 3 is 2.62 bits per heavy atom. The van der Waals surface area contributed by atoms with E-state index in [2.05, 4.69) is 0 Å². The van der Waals surface area contributed by atoms with Gasteiger partial charge in [0.05, 0.1) is 0 Å². The Morgan fingerprint density at radius 2 is 1.86 bits per heavy atom. The third-order valence-electron chi connectivity index (χ3n) is 3.64. The molecule has 108 valence electrons. The summed E-state index contributed by atoms with van der Waals surface area (Å²) < 4.78 is 10.7. The molecule has 0 fully saturated rings. The number of rotatable bonds is 5. The Labute approximate surface area is 123 Å². The van der Waals surface area contributed by atoms with Crippen molar-refractivity contribution in [2.45, 2.75) is 18.8 Å². The molecule has 0 saturated carbocycles. The Bertz CT molecular complexity index is 640. The van der Waals surface area contributed by atoms with Gasteiger partial charge < -0.3 is 15.2 Å². The number of fused-ring (bicyclic) bond motifs is 1. The summed E-state index contributed by atoms with van der Waals surface area (Å²) in [5.74, 6) is 1.32. The molecule has 1 atom stereocenters. The molecular weight excluding hydrogens is 266 g/mol. The highest BCUT2D eigenvalue weighted by atomic mass is 16.7. The lowest BCUT2D eigenvalue weighted by Gasteiger charge is -2.16. The highest BCUT2D eigenvalue weighted by molar-refractivity contribution is 5.74. The number of amides is 1. The number of primary amides is 1. The van der Waals surface area contributed by atoms with Crippen LogP contribution in [0.25, 0.3) is 0 Å². The molecule has 3 rings (SSSR count). The van der Waals surface area contributed by atoms with E-state index in [1.54, 1.807) is 0 Å². The molecule has 1 aliphatic heterocycles. The Morgan fingerprint density at radius 1 is 1.10 bits per heavy atom. The maximum atomic E-state index is 11.3. The molecule has 2 aromatic carbocycles. The predicted molar refractivity (Wildman–Crippen MR) is 79.3 cm³/mol. The van der Waals surface area contributed by atoms with E-state index in [-0.39, 0.29) is 18.6 Å². The van der Waals surface area contributed by atoms with Crippen LogP contribution in [-0.2, 0) is 11.2 Å². The number of ether oxygens (including phenoxy) is 2. The van der Waals surface area contributed by atoms with Gasteiger partial charge in [-0.05, 0) is 35.6 Å². The molecule has 1 heterocycles. The first-order valence-corrected chi connectivity index (χ1v) is 6.94. The fraction of sp³-hybridized carbons (Fsp3) is 0.235. The van der Waals surface area contributed by atoms with E-state index in [1.165, 1.54) is 0 Å². The fourth-order valence-electron chi connectivity index (χ4n) is 2.63. The summed E-state index contributed by atoms with van der Waals surface area (Å²) in [5.41, 5.74) is 7.62. The lowest BCUT2D eigenvalue weighted by Crippen LogP contribution is -2.16. The van der Waals surface area contributed by atoms with Crippen molar-refractivity contribution >= 4 is 5.91 Å². The summed E-state index contributed by atoms with van der Waals surface area (Å²) >= 11 is 0. The van der Waals surface area contributed by atoms with Gasteiger partial charge in [-0.1, -0.05) is 36.4 Å². The van der Waals surface area contributed by atoms with Crippen LogP contribution in [0.2, 0.25) is 0 Å². The van der Waals surface area contributed by atoms with Gasteiger partial charge in [0.15, 0.2) is 11.5 Å². The molecule has 0 saturated heterocycles. The van der Waals surface area contributed by atoms with Crippen LogP contribution in [-0.4, -0.2) is 12.7 Å². The molecule has 4 heteroatoms.